The summed E-state index contributed by atoms with van der Waals surface area (Å²) >= 11 is 0. The average Bonchev–Trinajstić information content (AvgIpc) is 2.92. The zero-order valence-corrected chi connectivity index (χ0v) is 17.8. The largest absolute Gasteiger partial charge is 0.494 e. The van der Waals surface area contributed by atoms with Gasteiger partial charge in [0.25, 0.3) is 0 Å². The molecule has 3 aromatic carbocycles. The van der Waals surface area contributed by atoms with Crippen LogP contribution < -0.4 is 21.4 Å². The standard InChI is InChI=1S/C24H26BO2P/c1-23(2)24(3,4)27-25(26-23)19-15-17-22(18-16-19)28(20-11-7-5-8-12-20)21-13-9-6-10-14-21/h5-18H,1-4H3. The van der Waals surface area contributed by atoms with Crippen LogP contribution in [0.3, 0.4) is 0 Å². The van der Waals surface area contributed by atoms with E-state index < -0.39 is 7.92 Å². The van der Waals surface area contributed by atoms with Crippen LogP contribution in [0.4, 0.5) is 0 Å². The van der Waals surface area contributed by atoms with Crippen molar-refractivity contribution in [1.29, 1.82) is 0 Å². The molecule has 0 radical (unpaired) electrons. The number of hydrogen-bond acceptors (Lipinski definition) is 2. The molecule has 1 aliphatic rings. The molecule has 0 atom stereocenters. The highest BCUT2D eigenvalue weighted by Gasteiger charge is 2.51. The van der Waals surface area contributed by atoms with Gasteiger partial charge in [-0.1, -0.05) is 84.9 Å². The van der Waals surface area contributed by atoms with Gasteiger partial charge < -0.3 is 9.31 Å². The Bertz CT molecular complexity index is 868. The molecule has 1 fully saturated rings. The normalized spacial score (nSPS) is 17.8. The Morgan fingerprint density at radius 3 is 1.39 bits per heavy atom. The molecule has 1 heterocycles. The summed E-state index contributed by atoms with van der Waals surface area (Å²) < 4.78 is 12.4. The third-order valence-corrected chi connectivity index (χ3v) is 8.15. The second kappa shape index (κ2) is 7.48. The maximum absolute atomic E-state index is 6.20. The lowest BCUT2D eigenvalue weighted by Gasteiger charge is -2.32. The lowest BCUT2D eigenvalue weighted by molar-refractivity contribution is 0.00578. The highest BCUT2D eigenvalue weighted by Crippen LogP contribution is 2.37. The van der Waals surface area contributed by atoms with Gasteiger partial charge in [-0.25, -0.2) is 0 Å². The second-order valence-corrected chi connectivity index (χ2v) is 10.4. The van der Waals surface area contributed by atoms with E-state index in [1.165, 1.54) is 15.9 Å². The van der Waals surface area contributed by atoms with Gasteiger partial charge >= 0.3 is 7.12 Å². The van der Waals surface area contributed by atoms with Crippen molar-refractivity contribution in [2.75, 3.05) is 0 Å². The summed E-state index contributed by atoms with van der Waals surface area (Å²) in [6, 6.07) is 30.3. The fourth-order valence-corrected chi connectivity index (χ4v) is 5.64. The van der Waals surface area contributed by atoms with Gasteiger partial charge in [0.15, 0.2) is 0 Å². The summed E-state index contributed by atoms with van der Waals surface area (Å²) in [5.41, 5.74) is 0.423. The molecule has 1 aliphatic heterocycles. The van der Waals surface area contributed by atoms with E-state index in [0.29, 0.717) is 0 Å². The zero-order chi connectivity index (χ0) is 19.8. The molecule has 4 heteroatoms. The second-order valence-electron chi connectivity index (χ2n) is 8.19. The van der Waals surface area contributed by atoms with Crippen molar-refractivity contribution >= 4 is 36.4 Å². The molecule has 0 aromatic heterocycles. The molecule has 0 spiro atoms. The van der Waals surface area contributed by atoms with Gasteiger partial charge in [0.05, 0.1) is 11.2 Å². The van der Waals surface area contributed by atoms with Crippen LogP contribution in [0.5, 0.6) is 0 Å². The first-order valence-corrected chi connectivity index (χ1v) is 11.1. The third-order valence-electron chi connectivity index (χ3n) is 5.71. The molecule has 0 bridgehead atoms. The quantitative estimate of drug-likeness (QED) is 0.501. The maximum atomic E-state index is 6.20. The summed E-state index contributed by atoms with van der Waals surface area (Å²) in [6.45, 7) is 8.35. The molecule has 0 amide bonds. The molecular formula is C24H26BO2P. The van der Waals surface area contributed by atoms with Gasteiger partial charge in [-0.15, -0.1) is 0 Å². The van der Waals surface area contributed by atoms with Crippen LogP contribution in [0.25, 0.3) is 0 Å². The van der Waals surface area contributed by atoms with Crippen molar-refractivity contribution < 1.29 is 9.31 Å². The first-order valence-electron chi connectivity index (χ1n) is 9.73. The Labute approximate surface area is 169 Å². The number of rotatable bonds is 4. The minimum absolute atomic E-state index is 0.321. The van der Waals surface area contributed by atoms with Crippen LogP contribution in [0, 0.1) is 0 Å². The van der Waals surface area contributed by atoms with Crippen molar-refractivity contribution in [3.05, 3.63) is 84.9 Å². The summed E-state index contributed by atoms with van der Waals surface area (Å²) in [6.07, 6.45) is 0. The fourth-order valence-electron chi connectivity index (χ4n) is 3.36. The van der Waals surface area contributed by atoms with E-state index in [1.807, 2.05) is 0 Å². The first-order chi connectivity index (χ1) is 13.4. The predicted molar refractivity (Wildman–Crippen MR) is 121 cm³/mol. The van der Waals surface area contributed by atoms with E-state index in [4.69, 9.17) is 9.31 Å². The van der Waals surface area contributed by atoms with Gasteiger partial charge in [-0.3, -0.25) is 0 Å². The van der Waals surface area contributed by atoms with Crippen LogP contribution in [-0.4, -0.2) is 18.3 Å². The molecule has 4 rings (SSSR count). The number of benzene rings is 3. The lowest BCUT2D eigenvalue weighted by atomic mass is 9.79. The van der Waals surface area contributed by atoms with Crippen LogP contribution in [-0.2, 0) is 9.31 Å². The van der Waals surface area contributed by atoms with Crippen LogP contribution in [0.1, 0.15) is 27.7 Å². The minimum Gasteiger partial charge on any atom is -0.399 e. The monoisotopic (exact) mass is 388 g/mol. The third kappa shape index (κ3) is 3.67. The van der Waals surface area contributed by atoms with Crippen molar-refractivity contribution in [1.82, 2.24) is 0 Å². The van der Waals surface area contributed by atoms with Gasteiger partial charge in [0.2, 0.25) is 0 Å². The van der Waals surface area contributed by atoms with E-state index in [1.54, 1.807) is 0 Å². The Balaban J connectivity index is 1.66. The van der Waals surface area contributed by atoms with Crippen molar-refractivity contribution in [2.24, 2.45) is 0 Å². The molecule has 3 aromatic rings. The van der Waals surface area contributed by atoms with E-state index in [2.05, 4.69) is 113 Å². The van der Waals surface area contributed by atoms with Gasteiger partial charge in [0.1, 0.15) is 0 Å². The molecule has 0 aliphatic carbocycles. The molecule has 0 saturated carbocycles. The molecule has 1 saturated heterocycles. The molecule has 0 unspecified atom stereocenters. The van der Waals surface area contributed by atoms with Gasteiger partial charge in [-0.2, -0.15) is 0 Å². The predicted octanol–water partition coefficient (Wildman–Crippen LogP) is 3.74. The highest BCUT2D eigenvalue weighted by atomic mass is 31.1. The van der Waals surface area contributed by atoms with Crippen molar-refractivity contribution in [3.63, 3.8) is 0 Å². The fraction of sp³-hybridized carbons (Fsp3) is 0.250. The van der Waals surface area contributed by atoms with E-state index in [9.17, 15) is 0 Å². The topological polar surface area (TPSA) is 18.5 Å². The van der Waals surface area contributed by atoms with Gasteiger partial charge in [-0.05, 0) is 57.0 Å². The Kier molecular flexibility index (Phi) is 5.18. The Hall–Kier alpha value is -1.93. The SMILES string of the molecule is CC1(C)OB(c2ccc(P(c3ccccc3)c3ccccc3)cc2)OC1(C)C. The maximum Gasteiger partial charge on any atom is 0.494 e. The molecule has 2 nitrogen and oxygen atoms in total. The summed E-state index contributed by atoms with van der Waals surface area (Å²) in [5, 5.41) is 4.03. The minimum atomic E-state index is -0.590. The zero-order valence-electron chi connectivity index (χ0n) is 16.9. The number of hydrogen-bond donors (Lipinski definition) is 0. The van der Waals surface area contributed by atoms with Crippen LogP contribution in [0.15, 0.2) is 84.9 Å². The van der Waals surface area contributed by atoms with E-state index >= 15 is 0 Å². The summed E-state index contributed by atoms with van der Waals surface area (Å²) in [7, 11) is -0.911. The van der Waals surface area contributed by atoms with Crippen LogP contribution >= 0.6 is 7.92 Å². The highest BCUT2D eigenvalue weighted by molar-refractivity contribution is 7.79. The van der Waals surface area contributed by atoms with Crippen LogP contribution in [0.2, 0.25) is 0 Å². The molecule has 142 valence electrons. The smallest absolute Gasteiger partial charge is 0.399 e. The molecule has 0 N–H and O–H groups in total. The molecule has 28 heavy (non-hydrogen) atoms. The Morgan fingerprint density at radius 1 is 0.571 bits per heavy atom. The first kappa shape index (κ1) is 19.4. The van der Waals surface area contributed by atoms with Crippen molar-refractivity contribution in [2.45, 2.75) is 38.9 Å². The van der Waals surface area contributed by atoms with E-state index in [-0.39, 0.29) is 18.3 Å². The summed E-state index contributed by atoms with van der Waals surface area (Å²) in [4.78, 5) is 0. The lowest BCUT2D eigenvalue weighted by Crippen LogP contribution is -2.41. The van der Waals surface area contributed by atoms with E-state index in [0.717, 1.165) is 5.46 Å². The van der Waals surface area contributed by atoms with Gasteiger partial charge in [0, 0.05) is 0 Å². The Morgan fingerprint density at radius 2 is 0.964 bits per heavy atom. The van der Waals surface area contributed by atoms with Crippen molar-refractivity contribution in [3.8, 4) is 0 Å². The molecular weight excluding hydrogens is 362 g/mol. The average molecular weight is 388 g/mol. The summed E-state index contributed by atoms with van der Waals surface area (Å²) in [5.74, 6) is 0.